The van der Waals surface area contributed by atoms with Crippen LogP contribution in [0.4, 0.5) is 5.69 Å². The highest BCUT2D eigenvalue weighted by molar-refractivity contribution is 5.48. The summed E-state index contributed by atoms with van der Waals surface area (Å²) in [5, 5.41) is 3.64. The maximum Gasteiger partial charge on any atom is 0.0366 e. The third-order valence-electron chi connectivity index (χ3n) is 4.26. The highest BCUT2D eigenvalue weighted by Crippen LogP contribution is 2.32. The van der Waals surface area contributed by atoms with E-state index >= 15 is 0 Å². The van der Waals surface area contributed by atoms with E-state index in [2.05, 4.69) is 55.3 Å². The van der Waals surface area contributed by atoms with E-state index in [4.69, 9.17) is 0 Å². The van der Waals surface area contributed by atoms with E-state index in [9.17, 15) is 0 Å². The Morgan fingerprint density at radius 3 is 2.33 bits per heavy atom. The normalized spacial score (nSPS) is 23.3. The van der Waals surface area contributed by atoms with Crippen molar-refractivity contribution in [2.75, 3.05) is 24.5 Å². The summed E-state index contributed by atoms with van der Waals surface area (Å²) < 4.78 is 0. The van der Waals surface area contributed by atoms with Gasteiger partial charge in [0.2, 0.25) is 0 Å². The Bertz CT molecular complexity index is 354. The summed E-state index contributed by atoms with van der Waals surface area (Å²) in [5.41, 5.74) is 2.80. The second-order valence-corrected chi connectivity index (χ2v) is 5.15. The molecule has 0 aliphatic carbocycles. The molecule has 100 valence electrons. The topological polar surface area (TPSA) is 15.3 Å². The van der Waals surface area contributed by atoms with Crippen LogP contribution in [-0.4, -0.2) is 19.6 Å². The third-order valence-corrected chi connectivity index (χ3v) is 4.26. The molecule has 2 nitrogen and oxygen atoms in total. The second-order valence-electron chi connectivity index (χ2n) is 5.15. The van der Waals surface area contributed by atoms with Gasteiger partial charge in [0, 0.05) is 24.8 Å². The molecule has 1 aliphatic heterocycles. The number of hydrogen-bond acceptors (Lipinski definition) is 2. The average Bonchev–Trinajstić information content (AvgIpc) is 2.89. The molecule has 0 spiro atoms. The molecule has 0 saturated carbocycles. The molecule has 1 aromatic rings. The first kappa shape index (κ1) is 13.4. The number of nitrogens with one attached hydrogen (secondary N) is 1. The quantitative estimate of drug-likeness (QED) is 0.854. The molecule has 2 heteroatoms. The number of rotatable bonds is 5. The van der Waals surface area contributed by atoms with Gasteiger partial charge in [-0.25, -0.2) is 0 Å². The Morgan fingerprint density at radius 2 is 1.78 bits per heavy atom. The van der Waals surface area contributed by atoms with Crippen LogP contribution in [0.5, 0.6) is 0 Å². The first-order valence-electron chi connectivity index (χ1n) is 7.38. The predicted molar refractivity (Wildman–Crippen MR) is 79.1 cm³/mol. The fourth-order valence-electron chi connectivity index (χ4n) is 3.07. The van der Waals surface area contributed by atoms with E-state index in [1.165, 1.54) is 30.6 Å². The number of hydrogen-bond donors (Lipinski definition) is 1. The lowest BCUT2D eigenvalue weighted by Gasteiger charge is -2.23. The van der Waals surface area contributed by atoms with Crippen molar-refractivity contribution in [2.45, 2.75) is 39.7 Å². The number of benzene rings is 1. The van der Waals surface area contributed by atoms with E-state index in [1.54, 1.807) is 0 Å². The number of anilines is 1. The van der Waals surface area contributed by atoms with Crippen molar-refractivity contribution in [3.05, 3.63) is 29.8 Å². The SMILES string of the molecule is CCC1CCNC1c1ccc(N(CC)CC)cc1. The van der Waals surface area contributed by atoms with Gasteiger partial charge in [-0.3, -0.25) is 0 Å². The van der Waals surface area contributed by atoms with Gasteiger partial charge in [-0.1, -0.05) is 25.5 Å². The molecule has 2 unspecified atom stereocenters. The van der Waals surface area contributed by atoms with Crippen LogP contribution in [-0.2, 0) is 0 Å². The number of nitrogens with zero attached hydrogens (tertiary/aromatic N) is 1. The van der Waals surface area contributed by atoms with Crippen LogP contribution < -0.4 is 10.2 Å². The molecular weight excluding hydrogens is 220 g/mol. The fraction of sp³-hybridized carbons (Fsp3) is 0.625. The molecule has 1 aromatic carbocycles. The molecule has 0 amide bonds. The lowest BCUT2D eigenvalue weighted by atomic mass is 9.92. The predicted octanol–water partition coefficient (Wildman–Crippen LogP) is 3.59. The van der Waals surface area contributed by atoms with Crippen molar-refractivity contribution >= 4 is 5.69 Å². The van der Waals surface area contributed by atoms with Gasteiger partial charge in [-0.15, -0.1) is 0 Å². The Morgan fingerprint density at radius 1 is 1.11 bits per heavy atom. The van der Waals surface area contributed by atoms with Crippen LogP contribution in [0.15, 0.2) is 24.3 Å². The zero-order chi connectivity index (χ0) is 13.0. The van der Waals surface area contributed by atoms with Crippen LogP contribution in [0.3, 0.4) is 0 Å². The molecule has 1 heterocycles. The second kappa shape index (κ2) is 6.24. The maximum atomic E-state index is 3.64. The van der Waals surface area contributed by atoms with Crippen molar-refractivity contribution in [3.63, 3.8) is 0 Å². The monoisotopic (exact) mass is 246 g/mol. The first-order chi connectivity index (χ1) is 8.80. The molecule has 1 fully saturated rings. The highest BCUT2D eigenvalue weighted by atomic mass is 15.1. The van der Waals surface area contributed by atoms with Crippen molar-refractivity contribution < 1.29 is 0 Å². The zero-order valence-corrected chi connectivity index (χ0v) is 11.9. The van der Waals surface area contributed by atoms with Gasteiger partial charge in [0.25, 0.3) is 0 Å². The molecular formula is C16H26N2. The minimum atomic E-state index is 0.570. The Labute approximate surface area is 111 Å². The zero-order valence-electron chi connectivity index (χ0n) is 11.9. The molecule has 2 rings (SSSR count). The lowest BCUT2D eigenvalue weighted by Crippen LogP contribution is -2.22. The van der Waals surface area contributed by atoms with Crippen molar-refractivity contribution in [2.24, 2.45) is 5.92 Å². The van der Waals surface area contributed by atoms with Gasteiger partial charge < -0.3 is 10.2 Å². The van der Waals surface area contributed by atoms with Gasteiger partial charge in [-0.05, 0) is 50.4 Å². The Hall–Kier alpha value is -1.02. The van der Waals surface area contributed by atoms with E-state index in [0.29, 0.717) is 6.04 Å². The maximum absolute atomic E-state index is 3.64. The van der Waals surface area contributed by atoms with Gasteiger partial charge >= 0.3 is 0 Å². The molecule has 1 aliphatic rings. The molecule has 18 heavy (non-hydrogen) atoms. The highest BCUT2D eigenvalue weighted by Gasteiger charge is 2.26. The fourth-order valence-corrected chi connectivity index (χ4v) is 3.07. The van der Waals surface area contributed by atoms with Gasteiger partial charge in [0.1, 0.15) is 0 Å². The van der Waals surface area contributed by atoms with Crippen LogP contribution in [0.2, 0.25) is 0 Å². The van der Waals surface area contributed by atoms with Crippen molar-refractivity contribution in [1.29, 1.82) is 0 Å². The Kier molecular flexibility index (Phi) is 4.65. The molecule has 1 N–H and O–H groups in total. The summed E-state index contributed by atoms with van der Waals surface area (Å²) in [6.45, 7) is 10.0. The molecule has 1 saturated heterocycles. The minimum absolute atomic E-state index is 0.570. The largest absolute Gasteiger partial charge is 0.372 e. The van der Waals surface area contributed by atoms with Gasteiger partial charge in [0.15, 0.2) is 0 Å². The summed E-state index contributed by atoms with van der Waals surface area (Å²) in [6, 6.07) is 9.73. The molecule has 0 aromatic heterocycles. The summed E-state index contributed by atoms with van der Waals surface area (Å²) >= 11 is 0. The van der Waals surface area contributed by atoms with Crippen LogP contribution >= 0.6 is 0 Å². The van der Waals surface area contributed by atoms with E-state index in [1.807, 2.05) is 0 Å². The smallest absolute Gasteiger partial charge is 0.0366 e. The van der Waals surface area contributed by atoms with Crippen LogP contribution in [0, 0.1) is 5.92 Å². The van der Waals surface area contributed by atoms with E-state index < -0.39 is 0 Å². The summed E-state index contributed by atoms with van der Waals surface area (Å²) in [7, 11) is 0. The van der Waals surface area contributed by atoms with Gasteiger partial charge in [0.05, 0.1) is 0 Å². The molecule has 2 atom stereocenters. The Balaban J connectivity index is 2.12. The first-order valence-corrected chi connectivity index (χ1v) is 7.38. The lowest BCUT2D eigenvalue weighted by molar-refractivity contribution is 0.449. The molecule has 0 radical (unpaired) electrons. The van der Waals surface area contributed by atoms with Gasteiger partial charge in [-0.2, -0.15) is 0 Å². The van der Waals surface area contributed by atoms with E-state index in [-0.39, 0.29) is 0 Å². The van der Waals surface area contributed by atoms with Crippen LogP contribution in [0.1, 0.15) is 45.2 Å². The van der Waals surface area contributed by atoms with Crippen LogP contribution in [0.25, 0.3) is 0 Å². The average molecular weight is 246 g/mol. The van der Waals surface area contributed by atoms with Crippen molar-refractivity contribution in [1.82, 2.24) is 5.32 Å². The summed E-state index contributed by atoms with van der Waals surface area (Å²) in [4.78, 5) is 2.39. The third kappa shape index (κ3) is 2.69. The summed E-state index contributed by atoms with van der Waals surface area (Å²) in [5.74, 6) is 0.810. The minimum Gasteiger partial charge on any atom is -0.372 e. The molecule has 0 bridgehead atoms. The van der Waals surface area contributed by atoms with Crippen molar-refractivity contribution in [3.8, 4) is 0 Å². The summed E-state index contributed by atoms with van der Waals surface area (Å²) in [6.07, 6.45) is 2.59. The van der Waals surface area contributed by atoms with E-state index in [0.717, 1.165) is 19.0 Å². The standard InChI is InChI=1S/C16H26N2/c1-4-13-11-12-17-16(13)14-7-9-15(10-8-14)18(5-2)6-3/h7-10,13,16-17H,4-6,11-12H2,1-3H3.